The molecule has 24 heavy (non-hydrogen) atoms. The van der Waals surface area contributed by atoms with Crippen LogP contribution in [0.15, 0.2) is 0 Å². The third-order valence-corrected chi connectivity index (χ3v) is 4.79. The van der Waals surface area contributed by atoms with Crippen LogP contribution in [0.3, 0.4) is 0 Å². The lowest BCUT2D eigenvalue weighted by atomic mass is 9.67. The summed E-state index contributed by atoms with van der Waals surface area (Å²) in [7, 11) is 0. The van der Waals surface area contributed by atoms with Crippen molar-refractivity contribution in [1.82, 2.24) is 0 Å². The average Bonchev–Trinajstić information content (AvgIpc) is 2.57. The first-order valence-electron chi connectivity index (χ1n) is 7.13. The maximum absolute atomic E-state index is 10.6. The molecule has 0 aromatic carbocycles. The molecular weight excluding hydrogens is 336 g/mol. The van der Waals surface area contributed by atoms with E-state index in [1.165, 1.54) is 0 Å². The van der Waals surface area contributed by atoms with E-state index in [0.29, 0.717) is 0 Å². The first-order chi connectivity index (χ1) is 10.9. The fourth-order valence-electron chi connectivity index (χ4n) is 3.18. The molecule has 1 heterocycles. The first kappa shape index (κ1) is 19.8. The fraction of sp³-hybridized carbons (Fsp3) is 1.00. The summed E-state index contributed by atoms with van der Waals surface area (Å²) in [6.07, 6.45) is -20.1. The summed E-state index contributed by atoms with van der Waals surface area (Å²) in [5, 5.41) is 109. The summed E-state index contributed by atoms with van der Waals surface area (Å²) in [5.74, 6) is -3.43. The Morgan fingerprint density at radius 2 is 1.04 bits per heavy atom. The lowest BCUT2D eigenvalue weighted by Gasteiger charge is -2.58. The highest BCUT2D eigenvalue weighted by molar-refractivity contribution is 5.18. The van der Waals surface area contributed by atoms with Crippen molar-refractivity contribution in [3.05, 3.63) is 0 Å². The smallest absolute Gasteiger partial charge is 0.230 e. The zero-order valence-electron chi connectivity index (χ0n) is 12.2. The molecule has 2 fully saturated rings. The fourth-order valence-corrected chi connectivity index (χ4v) is 3.18. The number of aliphatic hydroxyl groups excluding tert-OH is 9. The zero-order valence-corrected chi connectivity index (χ0v) is 12.2. The van der Waals surface area contributed by atoms with Crippen LogP contribution in [0.4, 0.5) is 0 Å². The van der Waals surface area contributed by atoms with E-state index in [-0.39, 0.29) is 0 Å². The number of rotatable bonds is 2. The summed E-state index contributed by atoms with van der Waals surface area (Å²) < 4.78 is 4.80. The summed E-state index contributed by atoms with van der Waals surface area (Å²) >= 11 is 0. The van der Waals surface area contributed by atoms with Gasteiger partial charge in [-0.1, -0.05) is 0 Å². The third-order valence-electron chi connectivity index (χ3n) is 4.79. The van der Waals surface area contributed by atoms with Gasteiger partial charge >= 0.3 is 0 Å². The molecule has 0 amide bonds. The molecule has 1 aliphatic carbocycles. The predicted octanol–water partition coefficient (Wildman–Crippen LogP) is -7.30. The van der Waals surface area contributed by atoms with Crippen LogP contribution in [0.2, 0.25) is 0 Å². The van der Waals surface area contributed by atoms with Crippen molar-refractivity contribution < 1.29 is 60.9 Å². The molecule has 12 nitrogen and oxygen atoms in total. The van der Waals surface area contributed by atoms with E-state index in [1.807, 2.05) is 0 Å². The molecule has 11 atom stereocenters. The van der Waals surface area contributed by atoms with Gasteiger partial charge in [-0.25, -0.2) is 0 Å². The van der Waals surface area contributed by atoms with Crippen LogP contribution < -0.4 is 0 Å². The molecule has 2 rings (SSSR count). The first-order valence-corrected chi connectivity index (χ1v) is 7.13. The molecular formula is C12H22O12. The number of ether oxygens (including phenoxy) is 1. The quantitative estimate of drug-likeness (QED) is 0.221. The van der Waals surface area contributed by atoms with Crippen molar-refractivity contribution in [2.45, 2.75) is 66.3 Å². The number of hydrogen-bond acceptors (Lipinski definition) is 12. The number of hydrogen-bond donors (Lipinski definition) is 11. The van der Waals surface area contributed by atoms with E-state index in [0.717, 1.165) is 0 Å². The van der Waals surface area contributed by atoms with Crippen LogP contribution in [0.25, 0.3) is 0 Å². The Hall–Kier alpha value is -0.480. The molecule has 0 aromatic rings. The summed E-state index contributed by atoms with van der Waals surface area (Å²) in [5.41, 5.74) is -3.40. The lowest BCUT2D eigenvalue weighted by molar-refractivity contribution is -0.440. The Kier molecular flexibility index (Phi) is 5.25. The van der Waals surface area contributed by atoms with Gasteiger partial charge in [-0.2, -0.15) is 0 Å². The Balaban J connectivity index is 2.52. The van der Waals surface area contributed by atoms with Crippen LogP contribution >= 0.6 is 0 Å². The van der Waals surface area contributed by atoms with Crippen LogP contribution in [0.1, 0.15) is 0 Å². The highest BCUT2D eigenvalue weighted by atomic mass is 16.7. The van der Waals surface area contributed by atoms with Gasteiger partial charge in [-0.3, -0.25) is 0 Å². The van der Waals surface area contributed by atoms with Gasteiger partial charge in [0, 0.05) is 0 Å². The molecule has 0 bridgehead atoms. The minimum Gasteiger partial charge on any atom is -0.394 e. The minimum absolute atomic E-state index is 0.997. The van der Waals surface area contributed by atoms with Crippen LogP contribution in [-0.2, 0) is 4.74 Å². The van der Waals surface area contributed by atoms with Crippen molar-refractivity contribution in [3.63, 3.8) is 0 Å². The second kappa shape index (κ2) is 6.35. The predicted molar refractivity (Wildman–Crippen MR) is 69.9 cm³/mol. The van der Waals surface area contributed by atoms with Gasteiger partial charge in [-0.15, -0.1) is 0 Å². The van der Waals surface area contributed by atoms with Crippen LogP contribution in [-0.4, -0.2) is 129 Å². The van der Waals surface area contributed by atoms with E-state index in [4.69, 9.17) is 9.84 Å². The highest BCUT2D eigenvalue weighted by Gasteiger charge is 2.73. The van der Waals surface area contributed by atoms with Crippen molar-refractivity contribution >= 4 is 0 Å². The summed E-state index contributed by atoms with van der Waals surface area (Å²) in [6.45, 7) is -0.997. The molecule has 2 aliphatic rings. The normalized spacial score (nSPS) is 59.4. The topological polar surface area (TPSA) is 232 Å². The van der Waals surface area contributed by atoms with Gasteiger partial charge in [0.25, 0.3) is 0 Å². The Labute approximate surface area is 135 Å². The van der Waals surface area contributed by atoms with E-state index in [9.17, 15) is 51.1 Å². The SMILES string of the molecule is OC[C@H]1O[C@@](O)(C2(O)[C@H](O)[C@H](O)C(O)[C@H](O)[C@H]2O)[C@@H](O)[C@@H](O)[C@@H]1O. The van der Waals surface area contributed by atoms with E-state index in [2.05, 4.69) is 0 Å². The molecule has 0 spiro atoms. The molecule has 1 saturated heterocycles. The van der Waals surface area contributed by atoms with Crippen molar-refractivity contribution in [1.29, 1.82) is 0 Å². The van der Waals surface area contributed by atoms with Crippen molar-refractivity contribution in [3.8, 4) is 0 Å². The van der Waals surface area contributed by atoms with Gasteiger partial charge in [0.15, 0.2) is 5.60 Å². The van der Waals surface area contributed by atoms with Gasteiger partial charge in [0.2, 0.25) is 5.79 Å². The summed E-state index contributed by atoms with van der Waals surface area (Å²) in [6, 6.07) is 0. The lowest BCUT2D eigenvalue weighted by Crippen LogP contribution is -2.84. The van der Waals surface area contributed by atoms with Crippen molar-refractivity contribution in [2.24, 2.45) is 0 Å². The Bertz CT molecular complexity index is 443. The molecule has 2 unspecified atom stereocenters. The average molecular weight is 358 g/mol. The van der Waals surface area contributed by atoms with Gasteiger partial charge in [-0.05, 0) is 0 Å². The van der Waals surface area contributed by atoms with Gasteiger partial charge < -0.3 is 60.9 Å². The Morgan fingerprint density at radius 3 is 1.46 bits per heavy atom. The second-order valence-electron chi connectivity index (χ2n) is 6.15. The molecule has 12 heteroatoms. The largest absolute Gasteiger partial charge is 0.394 e. The molecule has 1 saturated carbocycles. The van der Waals surface area contributed by atoms with Gasteiger partial charge in [0.05, 0.1) is 6.61 Å². The molecule has 1 aliphatic heterocycles. The van der Waals surface area contributed by atoms with Crippen LogP contribution in [0, 0.1) is 0 Å². The Morgan fingerprint density at radius 1 is 0.625 bits per heavy atom. The zero-order chi connectivity index (χ0) is 18.6. The van der Waals surface area contributed by atoms with E-state index < -0.39 is 72.9 Å². The van der Waals surface area contributed by atoms with Crippen molar-refractivity contribution in [2.75, 3.05) is 6.61 Å². The summed E-state index contributed by atoms with van der Waals surface area (Å²) in [4.78, 5) is 0. The maximum atomic E-state index is 10.6. The minimum atomic E-state index is -3.43. The maximum Gasteiger partial charge on any atom is 0.230 e. The standard InChI is InChI=1S/C12H22O12/c13-1-2-3(14)5(16)10(21)12(23,24-2)11(22)8(19)6(17)4(15)7(18)9(11)20/h2-10,13-23H,1H2/t2-,3-,4?,5+,6-,7+,8-,9-,10+,11?,12-/m1/s1. The molecule has 0 radical (unpaired) electrons. The third kappa shape index (κ3) is 2.39. The van der Waals surface area contributed by atoms with Gasteiger partial charge in [0.1, 0.15) is 54.9 Å². The highest BCUT2D eigenvalue weighted by Crippen LogP contribution is 2.44. The van der Waals surface area contributed by atoms with E-state index in [1.54, 1.807) is 0 Å². The molecule has 142 valence electrons. The van der Waals surface area contributed by atoms with Crippen LogP contribution in [0.5, 0.6) is 0 Å². The number of aliphatic hydroxyl groups is 11. The molecule has 0 aromatic heterocycles. The molecule has 11 N–H and O–H groups in total. The van der Waals surface area contributed by atoms with E-state index >= 15 is 0 Å². The second-order valence-corrected chi connectivity index (χ2v) is 6.15. The monoisotopic (exact) mass is 358 g/mol.